The molecule has 2 saturated heterocycles. The van der Waals surface area contributed by atoms with Crippen molar-refractivity contribution in [3.8, 4) is 0 Å². The lowest BCUT2D eigenvalue weighted by molar-refractivity contribution is 0.0455. The van der Waals surface area contributed by atoms with Gasteiger partial charge in [-0.25, -0.2) is 0 Å². The van der Waals surface area contributed by atoms with Crippen molar-refractivity contribution in [2.24, 2.45) is 0 Å². The zero-order valence-electron chi connectivity index (χ0n) is 10.0. The normalized spacial score (nSPS) is 25.5. The molecule has 17 heavy (non-hydrogen) atoms. The van der Waals surface area contributed by atoms with E-state index in [1.165, 1.54) is 29.8 Å². The van der Waals surface area contributed by atoms with E-state index in [1.807, 2.05) is 11.8 Å². The van der Waals surface area contributed by atoms with Crippen LogP contribution in [-0.2, 0) is 4.74 Å². The molecule has 0 bridgehead atoms. The smallest absolute Gasteiger partial charge is 0.0611 e. The van der Waals surface area contributed by atoms with Crippen LogP contribution >= 0.6 is 11.8 Å². The molecule has 0 spiro atoms. The van der Waals surface area contributed by atoms with E-state index in [0.717, 1.165) is 19.8 Å². The Morgan fingerprint density at radius 1 is 1.24 bits per heavy atom. The van der Waals surface area contributed by atoms with Crippen molar-refractivity contribution < 1.29 is 4.74 Å². The third-order valence-corrected chi connectivity index (χ3v) is 4.79. The zero-order chi connectivity index (χ0) is 11.5. The van der Waals surface area contributed by atoms with Crippen molar-refractivity contribution in [1.82, 2.24) is 5.32 Å². The number of hydrogen-bond donors (Lipinski definition) is 1. The van der Waals surface area contributed by atoms with Gasteiger partial charge in [-0.3, -0.25) is 0 Å². The third-order valence-electron chi connectivity index (χ3n) is 3.56. The molecule has 3 heteroatoms. The van der Waals surface area contributed by atoms with Crippen LogP contribution in [0.15, 0.2) is 29.2 Å². The van der Waals surface area contributed by atoms with Crippen LogP contribution in [0.3, 0.4) is 0 Å². The van der Waals surface area contributed by atoms with Crippen LogP contribution in [0.5, 0.6) is 0 Å². The molecular formula is C14H19NOS. The molecule has 0 radical (unpaired) electrons. The Kier molecular flexibility index (Phi) is 3.69. The Labute approximate surface area is 107 Å². The van der Waals surface area contributed by atoms with Gasteiger partial charge in [-0.05, 0) is 36.9 Å². The summed E-state index contributed by atoms with van der Waals surface area (Å²) in [6, 6.07) is 8.90. The van der Waals surface area contributed by atoms with Gasteiger partial charge in [0.1, 0.15) is 0 Å². The Morgan fingerprint density at radius 2 is 2.12 bits per heavy atom. The van der Waals surface area contributed by atoms with Crippen molar-refractivity contribution in [3.63, 3.8) is 0 Å². The number of ether oxygens (including phenoxy) is 1. The van der Waals surface area contributed by atoms with Gasteiger partial charge in [0.05, 0.1) is 18.5 Å². The Hall–Kier alpha value is -0.510. The molecule has 1 atom stereocenters. The highest BCUT2D eigenvalue weighted by Gasteiger charge is 2.23. The Balaban J connectivity index is 1.76. The molecule has 2 aliphatic rings. The molecule has 2 nitrogen and oxygen atoms in total. The molecule has 1 aromatic carbocycles. The van der Waals surface area contributed by atoms with E-state index < -0.39 is 0 Å². The molecule has 2 aliphatic heterocycles. The molecule has 3 rings (SSSR count). The van der Waals surface area contributed by atoms with E-state index in [-0.39, 0.29) is 0 Å². The molecule has 1 aromatic rings. The van der Waals surface area contributed by atoms with Gasteiger partial charge >= 0.3 is 0 Å². The lowest BCUT2D eigenvalue weighted by Crippen LogP contribution is -2.31. The van der Waals surface area contributed by atoms with Crippen molar-refractivity contribution in [1.29, 1.82) is 0 Å². The summed E-state index contributed by atoms with van der Waals surface area (Å²) in [6.07, 6.45) is 2.63. The fraction of sp³-hybridized carbons (Fsp3) is 0.571. The van der Waals surface area contributed by atoms with Crippen molar-refractivity contribution in [3.05, 3.63) is 29.8 Å². The van der Waals surface area contributed by atoms with Crippen LogP contribution in [-0.4, -0.2) is 31.6 Å². The highest BCUT2D eigenvalue weighted by Crippen LogP contribution is 2.35. The van der Waals surface area contributed by atoms with Gasteiger partial charge in [0.2, 0.25) is 0 Å². The summed E-state index contributed by atoms with van der Waals surface area (Å²) in [7, 11) is 0. The van der Waals surface area contributed by atoms with Crippen LogP contribution in [0.1, 0.15) is 24.3 Å². The van der Waals surface area contributed by atoms with E-state index >= 15 is 0 Å². The Bertz CT molecular complexity index is 372. The molecule has 0 saturated carbocycles. The van der Waals surface area contributed by atoms with Crippen LogP contribution < -0.4 is 5.32 Å². The second kappa shape index (κ2) is 5.42. The highest BCUT2D eigenvalue weighted by molar-refractivity contribution is 8.00. The van der Waals surface area contributed by atoms with Crippen LogP contribution in [0.4, 0.5) is 0 Å². The zero-order valence-corrected chi connectivity index (χ0v) is 10.8. The minimum atomic E-state index is 0.674. The molecule has 0 amide bonds. The minimum absolute atomic E-state index is 0.674. The molecular weight excluding hydrogens is 230 g/mol. The summed E-state index contributed by atoms with van der Waals surface area (Å²) in [5, 5.41) is 4.18. The van der Waals surface area contributed by atoms with E-state index in [0.29, 0.717) is 11.2 Å². The number of piperidine rings is 1. The first kappa shape index (κ1) is 11.6. The summed E-state index contributed by atoms with van der Waals surface area (Å²) < 4.78 is 5.26. The molecule has 1 N–H and O–H groups in total. The van der Waals surface area contributed by atoms with Gasteiger partial charge < -0.3 is 10.1 Å². The van der Waals surface area contributed by atoms with Crippen LogP contribution in [0.25, 0.3) is 0 Å². The van der Waals surface area contributed by atoms with Gasteiger partial charge in [-0.1, -0.05) is 18.2 Å². The summed E-state index contributed by atoms with van der Waals surface area (Å²) in [5.74, 6) is 0.702. The van der Waals surface area contributed by atoms with E-state index in [1.54, 1.807) is 0 Å². The van der Waals surface area contributed by atoms with Crippen molar-refractivity contribution >= 4 is 11.8 Å². The highest BCUT2D eigenvalue weighted by atomic mass is 32.2. The van der Waals surface area contributed by atoms with E-state index in [9.17, 15) is 0 Å². The third kappa shape index (κ3) is 2.67. The maximum atomic E-state index is 5.26. The monoisotopic (exact) mass is 249 g/mol. The summed E-state index contributed by atoms with van der Waals surface area (Å²) in [6.45, 7) is 4.16. The largest absolute Gasteiger partial charge is 0.379 e. The van der Waals surface area contributed by atoms with Gasteiger partial charge in [-0.2, -0.15) is 0 Å². The number of hydrogen-bond acceptors (Lipinski definition) is 3. The maximum Gasteiger partial charge on any atom is 0.0611 e. The number of rotatable bonds is 3. The summed E-state index contributed by atoms with van der Waals surface area (Å²) in [4.78, 5) is 1.47. The molecule has 92 valence electrons. The lowest BCUT2D eigenvalue weighted by atomic mass is 9.92. The fourth-order valence-electron chi connectivity index (χ4n) is 2.50. The topological polar surface area (TPSA) is 21.3 Å². The Morgan fingerprint density at radius 3 is 2.82 bits per heavy atom. The van der Waals surface area contributed by atoms with E-state index in [2.05, 4.69) is 29.6 Å². The molecule has 0 aromatic heterocycles. The summed E-state index contributed by atoms with van der Waals surface area (Å²) >= 11 is 2.00. The standard InChI is InChI=1S/C14H19NOS/c1-2-6-14(17-12-9-16-10-12)13(5-1)11-4-3-7-15-8-11/h1-2,5-6,11-12,15H,3-4,7-10H2. The molecule has 1 unspecified atom stereocenters. The minimum Gasteiger partial charge on any atom is -0.379 e. The number of thioether (sulfide) groups is 1. The molecule has 2 heterocycles. The predicted octanol–water partition coefficient (Wildman–Crippen LogP) is 2.64. The lowest BCUT2D eigenvalue weighted by Gasteiger charge is -2.29. The average Bonchev–Trinajstić information content (AvgIpc) is 2.35. The SMILES string of the molecule is c1ccc(C2CCCNC2)c(SC2COC2)c1. The number of nitrogens with one attached hydrogen (secondary N) is 1. The summed E-state index contributed by atoms with van der Waals surface area (Å²) in [5.41, 5.74) is 1.54. The van der Waals surface area contributed by atoms with Gasteiger partial charge in [-0.15, -0.1) is 11.8 Å². The first-order chi connectivity index (χ1) is 8.43. The number of benzene rings is 1. The second-order valence-corrected chi connectivity index (χ2v) is 6.20. The van der Waals surface area contributed by atoms with Crippen molar-refractivity contribution in [2.45, 2.75) is 28.9 Å². The average molecular weight is 249 g/mol. The van der Waals surface area contributed by atoms with Crippen LogP contribution in [0.2, 0.25) is 0 Å². The first-order valence-electron chi connectivity index (χ1n) is 6.47. The van der Waals surface area contributed by atoms with Gasteiger partial charge in [0.15, 0.2) is 0 Å². The predicted molar refractivity (Wildman–Crippen MR) is 71.8 cm³/mol. The van der Waals surface area contributed by atoms with Crippen LogP contribution in [0, 0.1) is 0 Å². The van der Waals surface area contributed by atoms with Crippen molar-refractivity contribution in [2.75, 3.05) is 26.3 Å². The second-order valence-electron chi connectivity index (χ2n) is 4.86. The molecule has 2 fully saturated rings. The quantitative estimate of drug-likeness (QED) is 0.890. The first-order valence-corrected chi connectivity index (χ1v) is 7.35. The van der Waals surface area contributed by atoms with Gasteiger partial charge in [0, 0.05) is 11.4 Å². The fourth-order valence-corrected chi connectivity index (χ4v) is 3.72. The maximum absolute atomic E-state index is 5.26. The van der Waals surface area contributed by atoms with E-state index in [4.69, 9.17) is 4.74 Å². The molecule has 0 aliphatic carbocycles. The van der Waals surface area contributed by atoms with Gasteiger partial charge in [0.25, 0.3) is 0 Å².